The minimum Gasteiger partial charge on any atom is -0.465 e. The summed E-state index contributed by atoms with van der Waals surface area (Å²) in [5.41, 5.74) is -4.01. The molecule has 10 heteroatoms. The molecular weight excluding hydrogens is 475 g/mol. The van der Waals surface area contributed by atoms with Crippen molar-refractivity contribution in [3.63, 3.8) is 0 Å². The third kappa shape index (κ3) is 4.80. The van der Waals surface area contributed by atoms with Crippen LogP contribution in [0.2, 0.25) is 5.02 Å². The molecule has 0 saturated heterocycles. The van der Waals surface area contributed by atoms with E-state index in [0.29, 0.717) is 11.3 Å². The fraction of sp³-hybridized carbons (Fsp3) is 0.250. The van der Waals surface area contributed by atoms with Gasteiger partial charge in [-0.15, -0.1) is 0 Å². The molecule has 3 rings (SSSR count). The average Bonchev–Trinajstić information content (AvgIpc) is 2.79. The number of pyridine rings is 1. The van der Waals surface area contributed by atoms with Crippen LogP contribution in [0.15, 0.2) is 59.5 Å². The molecule has 34 heavy (non-hydrogen) atoms. The van der Waals surface area contributed by atoms with E-state index in [0.717, 1.165) is 12.3 Å². The van der Waals surface area contributed by atoms with Gasteiger partial charge in [0, 0.05) is 28.3 Å². The topological polar surface area (TPSA) is 88.6 Å². The van der Waals surface area contributed by atoms with Gasteiger partial charge in [-0.3, -0.25) is 4.79 Å². The molecule has 0 bridgehead atoms. The van der Waals surface area contributed by atoms with E-state index in [1.807, 2.05) is 0 Å². The van der Waals surface area contributed by atoms with Crippen molar-refractivity contribution in [1.29, 1.82) is 0 Å². The van der Waals surface area contributed by atoms with Gasteiger partial charge in [0.15, 0.2) is 5.60 Å². The first-order valence-corrected chi connectivity index (χ1v) is 10.4. The zero-order chi connectivity index (χ0) is 25.3. The van der Waals surface area contributed by atoms with Gasteiger partial charge in [-0.1, -0.05) is 24.6 Å². The number of methoxy groups -OCH3 is 1. The summed E-state index contributed by atoms with van der Waals surface area (Å²) in [6.45, 7) is 2.54. The van der Waals surface area contributed by atoms with Crippen LogP contribution in [0.4, 0.5) is 13.2 Å². The Morgan fingerprint density at radius 3 is 2.24 bits per heavy atom. The molecule has 0 fully saturated rings. The number of aliphatic hydroxyl groups is 1. The highest BCUT2D eigenvalue weighted by molar-refractivity contribution is 6.31. The van der Waals surface area contributed by atoms with E-state index < -0.39 is 34.8 Å². The number of rotatable bonds is 6. The second-order valence-electron chi connectivity index (χ2n) is 7.69. The third-order valence-corrected chi connectivity index (χ3v) is 5.86. The zero-order valence-electron chi connectivity index (χ0n) is 18.4. The second kappa shape index (κ2) is 9.52. The number of carbonyl (C=O) groups is 1. The molecule has 2 aromatic carbocycles. The number of nitrogens with one attached hydrogen (secondary N) is 1. The number of aromatic nitrogens is 1. The summed E-state index contributed by atoms with van der Waals surface area (Å²) >= 11 is 6.30. The van der Waals surface area contributed by atoms with Crippen molar-refractivity contribution in [1.82, 2.24) is 4.98 Å². The molecule has 2 atom stereocenters. The molecular formula is C24H21ClF3NO5. The second-order valence-corrected chi connectivity index (χ2v) is 8.09. The number of esters is 1. The third-order valence-electron chi connectivity index (χ3n) is 5.54. The lowest BCUT2D eigenvalue weighted by molar-refractivity contribution is -0.274. The summed E-state index contributed by atoms with van der Waals surface area (Å²) < 4.78 is 52.7. The van der Waals surface area contributed by atoms with E-state index in [2.05, 4.69) is 9.72 Å². The van der Waals surface area contributed by atoms with Gasteiger partial charge < -0.3 is 19.6 Å². The molecule has 0 radical (unpaired) electrons. The maximum atomic E-state index is 14.1. The van der Waals surface area contributed by atoms with Gasteiger partial charge in [-0.2, -0.15) is 13.2 Å². The Kier molecular flexibility index (Phi) is 7.09. The van der Waals surface area contributed by atoms with E-state index in [4.69, 9.17) is 16.3 Å². The fourth-order valence-corrected chi connectivity index (χ4v) is 3.87. The van der Waals surface area contributed by atoms with Crippen LogP contribution in [0, 0.1) is 6.92 Å². The van der Waals surface area contributed by atoms with Gasteiger partial charge in [0.2, 0.25) is 0 Å². The summed E-state index contributed by atoms with van der Waals surface area (Å²) in [5.74, 6) is -1.44. The number of carbonyl (C=O) groups excluding carboxylic acids is 1. The van der Waals surface area contributed by atoms with E-state index in [1.165, 1.54) is 63.4 Å². The van der Waals surface area contributed by atoms with Crippen LogP contribution in [0.5, 0.6) is 11.5 Å². The van der Waals surface area contributed by atoms with Crippen LogP contribution in [0.25, 0.3) is 0 Å². The lowest BCUT2D eigenvalue weighted by Gasteiger charge is -2.37. The zero-order valence-corrected chi connectivity index (χ0v) is 19.1. The van der Waals surface area contributed by atoms with Gasteiger partial charge in [0.05, 0.1) is 12.7 Å². The van der Waals surface area contributed by atoms with Gasteiger partial charge in [-0.05, 0) is 55.0 Å². The van der Waals surface area contributed by atoms with Crippen molar-refractivity contribution < 1.29 is 32.5 Å². The van der Waals surface area contributed by atoms with Crippen molar-refractivity contribution in [2.24, 2.45) is 0 Å². The Bertz CT molecular complexity index is 1260. The normalized spacial score (nSPS) is 14.2. The highest BCUT2D eigenvalue weighted by Crippen LogP contribution is 2.50. The Balaban J connectivity index is 1.93. The first kappa shape index (κ1) is 25.3. The van der Waals surface area contributed by atoms with E-state index in [1.54, 1.807) is 0 Å². The number of aryl methyl sites for hydroxylation is 1. The van der Waals surface area contributed by atoms with Gasteiger partial charge in [0.1, 0.15) is 11.5 Å². The number of H-pyrrole nitrogens is 1. The molecule has 2 N–H and O–H groups in total. The Morgan fingerprint density at radius 1 is 1.09 bits per heavy atom. The van der Waals surface area contributed by atoms with Crippen molar-refractivity contribution in [3.8, 4) is 11.5 Å². The molecule has 0 spiro atoms. The largest absolute Gasteiger partial charge is 0.465 e. The Labute approximate surface area is 197 Å². The van der Waals surface area contributed by atoms with Crippen LogP contribution in [-0.4, -0.2) is 29.3 Å². The van der Waals surface area contributed by atoms with Crippen LogP contribution in [-0.2, 0) is 10.3 Å². The minimum atomic E-state index is -5.07. The molecule has 1 heterocycles. The maximum Gasteiger partial charge on any atom is 0.422 e. The highest BCUT2D eigenvalue weighted by Gasteiger charge is 2.59. The summed E-state index contributed by atoms with van der Waals surface area (Å²) in [4.78, 5) is 25.4. The number of benzene rings is 2. The summed E-state index contributed by atoms with van der Waals surface area (Å²) in [5, 5.41) is 10.8. The van der Waals surface area contributed by atoms with Crippen LogP contribution in [0.3, 0.4) is 0 Å². The van der Waals surface area contributed by atoms with E-state index >= 15 is 0 Å². The van der Waals surface area contributed by atoms with Gasteiger partial charge in [-0.25, -0.2) is 4.79 Å². The predicted molar refractivity (Wildman–Crippen MR) is 119 cm³/mol. The molecule has 0 aliphatic heterocycles. The lowest BCUT2D eigenvalue weighted by atomic mass is 9.78. The van der Waals surface area contributed by atoms with Crippen molar-refractivity contribution in [2.75, 3.05) is 7.11 Å². The Morgan fingerprint density at radius 2 is 1.71 bits per heavy atom. The van der Waals surface area contributed by atoms with Gasteiger partial charge >= 0.3 is 12.1 Å². The molecule has 0 amide bonds. The maximum absolute atomic E-state index is 14.1. The summed E-state index contributed by atoms with van der Waals surface area (Å²) in [6, 6.07) is 11.1. The average molecular weight is 496 g/mol. The number of hydrogen-bond donors (Lipinski definition) is 2. The standard InChI is InChI=1S/C24H21ClF3NO5/c1-13-10-16(12-29-21(13)30)23(32,24(26,27)28)14(2)19-9-8-18(11-20(19)25)34-17-6-4-15(5-7-17)22(31)33-3/h4-12,14,32H,1-3H3,(H,29,30). The van der Waals surface area contributed by atoms with Gasteiger partial charge in [0.25, 0.3) is 5.56 Å². The highest BCUT2D eigenvalue weighted by atomic mass is 35.5. The van der Waals surface area contributed by atoms with Crippen LogP contribution >= 0.6 is 11.6 Å². The number of alkyl halides is 3. The van der Waals surface area contributed by atoms with Crippen molar-refractivity contribution in [3.05, 3.63) is 92.4 Å². The minimum absolute atomic E-state index is 0.0266. The molecule has 0 aliphatic rings. The Hall–Kier alpha value is -3.30. The number of ether oxygens (including phenoxy) is 2. The summed E-state index contributed by atoms with van der Waals surface area (Å²) in [6.07, 6.45) is -4.22. The molecule has 180 valence electrons. The monoisotopic (exact) mass is 495 g/mol. The number of halogens is 4. The molecule has 0 saturated carbocycles. The van der Waals surface area contributed by atoms with E-state index in [-0.39, 0.29) is 21.9 Å². The number of hydrogen-bond acceptors (Lipinski definition) is 5. The molecule has 0 aliphatic carbocycles. The molecule has 2 unspecified atom stereocenters. The molecule has 3 aromatic rings. The predicted octanol–water partition coefficient (Wildman–Crippen LogP) is 5.47. The molecule has 1 aromatic heterocycles. The molecule has 6 nitrogen and oxygen atoms in total. The quantitative estimate of drug-likeness (QED) is 0.443. The SMILES string of the molecule is COC(=O)c1ccc(Oc2ccc(C(C)C(O)(c3c[nH]c(=O)c(C)c3)C(F)(F)F)c(Cl)c2)cc1. The lowest BCUT2D eigenvalue weighted by Crippen LogP contribution is -2.47. The fourth-order valence-electron chi connectivity index (χ4n) is 3.54. The smallest absolute Gasteiger partial charge is 0.422 e. The van der Waals surface area contributed by atoms with Crippen LogP contribution in [0.1, 0.15) is 39.9 Å². The summed E-state index contributed by atoms with van der Waals surface area (Å²) in [7, 11) is 1.26. The number of aromatic amines is 1. The first-order valence-electron chi connectivity index (χ1n) is 10.0. The first-order chi connectivity index (χ1) is 15.9. The van der Waals surface area contributed by atoms with Crippen molar-refractivity contribution in [2.45, 2.75) is 31.5 Å². The van der Waals surface area contributed by atoms with Crippen molar-refractivity contribution >= 4 is 17.6 Å². The van der Waals surface area contributed by atoms with Crippen LogP contribution < -0.4 is 10.3 Å². The van der Waals surface area contributed by atoms with E-state index in [9.17, 15) is 27.9 Å².